The molecule has 0 aromatic heterocycles. The molecule has 2 aromatic carbocycles. The quantitative estimate of drug-likeness (QED) is 0.600. The molecular formula is C18H18Cl2N2O2. The highest BCUT2D eigenvalue weighted by atomic mass is 35.5. The molecule has 2 aromatic rings. The molecule has 0 aliphatic heterocycles. The van der Waals surface area contributed by atoms with Gasteiger partial charge in [-0.2, -0.15) is 5.10 Å². The molecule has 126 valence electrons. The Kier molecular flexibility index (Phi) is 6.64. The van der Waals surface area contributed by atoms with E-state index in [1.54, 1.807) is 18.2 Å². The zero-order chi connectivity index (χ0) is 17.5. The predicted octanol–water partition coefficient (Wildman–Crippen LogP) is 4.61. The van der Waals surface area contributed by atoms with Crippen LogP contribution in [0.3, 0.4) is 0 Å². The summed E-state index contributed by atoms with van der Waals surface area (Å²) in [6.45, 7) is 3.82. The highest BCUT2D eigenvalue weighted by molar-refractivity contribution is 6.35. The minimum atomic E-state index is -0.362. The molecule has 24 heavy (non-hydrogen) atoms. The summed E-state index contributed by atoms with van der Waals surface area (Å²) < 4.78 is 5.37. The van der Waals surface area contributed by atoms with Crippen molar-refractivity contribution in [1.29, 1.82) is 0 Å². The van der Waals surface area contributed by atoms with Gasteiger partial charge in [0.15, 0.2) is 6.61 Å². The van der Waals surface area contributed by atoms with Gasteiger partial charge in [-0.15, -0.1) is 0 Å². The smallest absolute Gasteiger partial charge is 0.277 e. The number of rotatable bonds is 6. The maximum absolute atomic E-state index is 11.9. The van der Waals surface area contributed by atoms with E-state index in [9.17, 15) is 4.79 Å². The van der Waals surface area contributed by atoms with Gasteiger partial charge in [0.25, 0.3) is 5.91 Å². The summed E-state index contributed by atoms with van der Waals surface area (Å²) in [6, 6.07) is 12.8. The molecule has 4 nitrogen and oxygen atoms in total. The van der Waals surface area contributed by atoms with E-state index in [4.69, 9.17) is 27.9 Å². The summed E-state index contributed by atoms with van der Waals surface area (Å²) in [5.74, 6) is 0.0357. The summed E-state index contributed by atoms with van der Waals surface area (Å²) in [5, 5.41) is 5.03. The fourth-order valence-electron chi connectivity index (χ4n) is 1.99. The van der Waals surface area contributed by atoms with E-state index in [-0.39, 0.29) is 12.5 Å². The van der Waals surface area contributed by atoms with Crippen molar-refractivity contribution in [1.82, 2.24) is 5.43 Å². The van der Waals surface area contributed by atoms with E-state index >= 15 is 0 Å². The lowest BCUT2D eigenvalue weighted by molar-refractivity contribution is -0.123. The molecule has 0 aliphatic carbocycles. The third-order valence-corrected chi connectivity index (χ3v) is 3.82. The van der Waals surface area contributed by atoms with Gasteiger partial charge in [0.05, 0.1) is 10.7 Å². The number of hydrazone groups is 1. The van der Waals surface area contributed by atoms with Crippen LogP contribution in [0, 0.1) is 6.92 Å². The van der Waals surface area contributed by atoms with Crippen molar-refractivity contribution in [3.8, 4) is 5.75 Å². The lowest BCUT2D eigenvalue weighted by atomic mass is 10.1. The number of hydrogen-bond donors (Lipinski definition) is 1. The number of nitrogens with one attached hydrogen (secondary N) is 1. The normalized spacial score (nSPS) is 11.2. The Hall–Kier alpha value is -2.04. The van der Waals surface area contributed by atoms with Crippen molar-refractivity contribution in [3.05, 3.63) is 63.6 Å². The second-order valence-corrected chi connectivity index (χ2v) is 6.02. The Morgan fingerprint density at radius 3 is 2.50 bits per heavy atom. The maximum Gasteiger partial charge on any atom is 0.277 e. The second-order valence-electron chi connectivity index (χ2n) is 5.18. The number of halogens is 2. The summed E-state index contributed by atoms with van der Waals surface area (Å²) in [6.07, 6.45) is 0.702. The van der Waals surface area contributed by atoms with Gasteiger partial charge in [0.1, 0.15) is 5.75 Å². The van der Waals surface area contributed by atoms with Crippen LogP contribution in [0.15, 0.2) is 47.6 Å². The summed E-state index contributed by atoms with van der Waals surface area (Å²) >= 11 is 11.8. The molecule has 0 heterocycles. The van der Waals surface area contributed by atoms with Gasteiger partial charge in [-0.25, -0.2) is 5.43 Å². The monoisotopic (exact) mass is 364 g/mol. The van der Waals surface area contributed by atoms with Gasteiger partial charge in [-0.1, -0.05) is 60.0 Å². The van der Waals surface area contributed by atoms with E-state index in [0.717, 1.165) is 11.3 Å². The van der Waals surface area contributed by atoms with Crippen molar-refractivity contribution in [2.75, 3.05) is 6.61 Å². The summed E-state index contributed by atoms with van der Waals surface area (Å²) in [7, 11) is 0. The van der Waals surface area contributed by atoms with Gasteiger partial charge in [-0.05, 0) is 37.1 Å². The van der Waals surface area contributed by atoms with Crippen LogP contribution in [0.25, 0.3) is 0 Å². The zero-order valence-electron chi connectivity index (χ0n) is 13.5. The van der Waals surface area contributed by atoms with Crippen LogP contribution in [-0.2, 0) is 4.79 Å². The second kappa shape index (κ2) is 8.71. The van der Waals surface area contributed by atoms with Gasteiger partial charge in [0, 0.05) is 5.02 Å². The number of aryl methyl sites for hydroxylation is 1. The van der Waals surface area contributed by atoms with E-state index in [1.807, 2.05) is 38.1 Å². The molecule has 0 saturated heterocycles. The van der Waals surface area contributed by atoms with Crippen molar-refractivity contribution in [2.45, 2.75) is 20.3 Å². The highest BCUT2D eigenvalue weighted by Gasteiger charge is 2.07. The molecule has 1 amide bonds. The van der Waals surface area contributed by atoms with Crippen LogP contribution in [0.5, 0.6) is 5.75 Å². The molecule has 0 unspecified atom stereocenters. The molecule has 2 rings (SSSR count). The van der Waals surface area contributed by atoms with Crippen molar-refractivity contribution < 1.29 is 9.53 Å². The Morgan fingerprint density at radius 1 is 1.17 bits per heavy atom. The summed E-state index contributed by atoms with van der Waals surface area (Å²) in [4.78, 5) is 11.9. The topological polar surface area (TPSA) is 50.7 Å². The molecular weight excluding hydrogens is 347 g/mol. The van der Waals surface area contributed by atoms with Gasteiger partial charge in [0.2, 0.25) is 0 Å². The highest BCUT2D eigenvalue weighted by Crippen LogP contribution is 2.27. The SMILES string of the molecule is CCC(=NNC(=O)COc1ccc(Cl)cc1Cl)c1ccc(C)cc1. The molecule has 0 bridgehead atoms. The molecule has 0 fully saturated rings. The first-order chi connectivity index (χ1) is 11.5. The molecule has 1 N–H and O–H groups in total. The van der Waals surface area contributed by atoms with Crippen LogP contribution in [0.4, 0.5) is 0 Å². The fraction of sp³-hybridized carbons (Fsp3) is 0.222. The number of carbonyl (C=O) groups is 1. The average Bonchev–Trinajstić information content (AvgIpc) is 2.56. The minimum absolute atomic E-state index is 0.185. The first-order valence-corrected chi connectivity index (χ1v) is 8.25. The Morgan fingerprint density at radius 2 is 1.88 bits per heavy atom. The van der Waals surface area contributed by atoms with Gasteiger partial charge < -0.3 is 4.74 Å². The predicted molar refractivity (Wildman–Crippen MR) is 98.1 cm³/mol. The van der Waals surface area contributed by atoms with E-state index in [2.05, 4.69) is 10.5 Å². The molecule has 0 atom stereocenters. The number of hydrogen-bond acceptors (Lipinski definition) is 3. The van der Waals surface area contributed by atoms with Crippen molar-refractivity contribution in [2.24, 2.45) is 5.10 Å². The van der Waals surface area contributed by atoms with Crippen LogP contribution in [-0.4, -0.2) is 18.2 Å². The fourth-order valence-corrected chi connectivity index (χ4v) is 2.45. The number of amides is 1. The Labute approximate surface area is 151 Å². The molecule has 0 spiro atoms. The molecule has 6 heteroatoms. The lowest BCUT2D eigenvalue weighted by Crippen LogP contribution is -2.26. The van der Waals surface area contributed by atoms with E-state index in [1.165, 1.54) is 5.56 Å². The largest absolute Gasteiger partial charge is 0.482 e. The van der Waals surface area contributed by atoms with Crippen LogP contribution < -0.4 is 10.2 Å². The van der Waals surface area contributed by atoms with Crippen LogP contribution in [0.2, 0.25) is 10.0 Å². The third-order valence-electron chi connectivity index (χ3n) is 3.29. The third kappa shape index (κ3) is 5.25. The number of nitrogens with zero attached hydrogens (tertiary/aromatic N) is 1. The minimum Gasteiger partial charge on any atom is -0.482 e. The summed E-state index contributed by atoms with van der Waals surface area (Å²) in [5.41, 5.74) is 5.45. The number of carbonyl (C=O) groups excluding carboxylic acids is 1. The first-order valence-electron chi connectivity index (χ1n) is 7.50. The van der Waals surface area contributed by atoms with Crippen LogP contribution >= 0.6 is 23.2 Å². The van der Waals surface area contributed by atoms with E-state index in [0.29, 0.717) is 22.2 Å². The molecule has 0 aliphatic rings. The lowest BCUT2D eigenvalue weighted by Gasteiger charge is -2.08. The zero-order valence-corrected chi connectivity index (χ0v) is 15.0. The first kappa shape index (κ1) is 18.3. The number of ether oxygens (including phenoxy) is 1. The Bertz CT molecular complexity index is 743. The van der Waals surface area contributed by atoms with E-state index < -0.39 is 0 Å². The van der Waals surface area contributed by atoms with Crippen molar-refractivity contribution in [3.63, 3.8) is 0 Å². The van der Waals surface area contributed by atoms with Crippen LogP contribution in [0.1, 0.15) is 24.5 Å². The van der Waals surface area contributed by atoms with Gasteiger partial charge >= 0.3 is 0 Å². The Balaban J connectivity index is 1.94. The average molecular weight is 365 g/mol. The number of benzene rings is 2. The standard InChI is InChI=1S/C18H18Cl2N2O2/c1-3-16(13-6-4-12(2)5-7-13)21-22-18(23)11-24-17-9-8-14(19)10-15(17)20/h4-10H,3,11H2,1-2H3,(H,22,23). The van der Waals surface area contributed by atoms with Gasteiger partial charge in [-0.3, -0.25) is 4.79 Å². The molecule has 0 saturated carbocycles. The maximum atomic E-state index is 11.9. The van der Waals surface area contributed by atoms with Crippen molar-refractivity contribution >= 4 is 34.8 Å². The molecule has 0 radical (unpaired) electrons.